The highest BCUT2D eigenvalue weighted by atomic mass is 16.2. The van der Waals surface area contributed by atoms with Crippen LogP contribution in [0.4, 0.5) is 5.69 Å². The van der Waals surface area contributed by atoms with Crippen molar-refractivity contribution in [3.63, 3.8) is 0 Å². The van der Waals surface area contributed by atoms with Gasteiger partial charge in [0.2, 0.25) is 5.91 Å². The van der Waals surface area contributed by atoms with Gasteiger partial charge < -0.3 is 10.6 Å². The van der Waals surface area contributed by atoms with Crippen molar-refractivity contribution in [2.75, 3.05) is 19.3 Å². The summed E-state index contributed by atoms with van der Waals surface area (Å²) in [7, 11) is 1.93. The number of nitrogens with zero attached hydrogens (tertiary/aromatic N) is 1. The monoisotopic (exact) mass is 288 g/mol. The number of hydrogen-bond donors (Lipinski definition) is 1. The molecule has 0 atom stereocenters. The Labute approximate surface area is 128 Å². The van der Waals surface area contributed by atoms with E-state index in [1.165, 1.54) is 32.1 Å². The van der Waals surface area contributed by atoms with E-state index in [0.29, 0.717) is 6.42 Å². The zero-order valence-electron chi connectivity index (χ0n) is 13.2. The van der Waals surface area contributed by atoms with E-state index in [1.54, 1.807) is 0 Å². The fraction of sp³-hybridized carbons (Fsp3) is 0.611. The second-order valence-electron chi connectivity index (χ2n) is 6.31. The fourth-order valence-electron chi connectivity index (χ4n) is 3.17. The maximum atomic E-state index is 12.2. The van der Waals surface area contributed by atoms with E-state index >= 15 is 0 Å². The van der Waals surface area contributed by atoms with Crippen molar-refractivity contribution < 1.29 is 4.79 Å². The van der Waals surface area contributed by atoms with E-state index in [9.17, 15) is 4.79 Å². The normalized spacial score (nSPS) is 15.9. The van der Waals surface area contributed by atoms with Gasteiger partial charge in [-0.05, 0) is 30.4 Å². The molecule has 0 saturated heterocycles. The SMILES string of the molecule is CN(CCC1CCCCC1)C(=O)CCc1ccccc1N. The van der Waals surface area contributed by atoms with Gasteiger partial charge in [-0.3, -0.25) is 4.79 Å². The zero-order valence-corrected chi connectivity index (χ0v) is 13.2. The molecule has 0 heterocycles. The highest BCUT2D eigenvalue weighted by molar-refractivity contribution is 5.76. The Morgan fingerprint density at radius 1 is 1.24 bits per heavy atom. The summed E-state index contributed by atoms with van der Waals surface area (Å²) in [6, 6.07) is 7.80. The number of anilines is 1. The molecule has 1 saturated carbocycles. The average Bonchev–Trinajstić information content (AvgIpc) is 2.52. The van der Waals surface area contributed by atoms with Crippen molar-refractivity contribution in [2.45, 2.75) is 51.4 Å². The van der Waals surface area contributed by atoms with Gasteiger partial charge in [0.1, 0.15) is 0 Å². The molecule has 1 fully saturated rings. The summed E-state index contributed by atoms with van der Waals surface area (Å²) in [6.45, 7) is 0.897. The molecule has 0 bridgehead atoms. The molecule has 0 spiro atoms. The number of carbonyl (C=O) groups is 1. The molecule has 0 radical (unpaired) electrons. The molecule has 1 aliphatic carbocycles. The molecule has 0 aliphatic heterocycles. The Kier molecular flexibility index (Phi) is 6.09. The van der Waals surface area contributed by atoms with Gasteiger partial charge in [0.15, 0.2) is 0 Å². The standard InChI is InChI=1S/C18H28N2O/c1-20(14-13-15-7-3-2-4-8-15)18(21)12-11-16-9-5-6-10-17(16)19/h5-6,9-10,15H,2-4,7-8,11-14,19H2,1H3. The van der Waals surface area contributed by atoms with Crippen LogP contribution in [0, 0.1) is 5.92 Å². The van der Waals surface area contributed by atoms with Crippen LogP contribution in [0.3, 0.4) is 0 Å². The predicted octanol–water partition coefficient (Wildman–Crippen LogP) is 3.63. The summed E-state index contributed by atoms with van der Waals surface area (Å²) in [6.07, 6.45) is 9.28. The number of rotatable bonds is 6. The van der Waals surface area contributed by atoms with Gasteiger partial charge in [-0.25, -0.2) is 0 Å². The third kappa shape index (κ3) is 5.07. The van der Waals surface area contributed by atoms with Crippen molar-refractivity contribution in [3.05, 3.63) is 29.8 Å². The van der Waals surface area contributed by atoms with Crippen LogP contribution in [0.15, 0.2) is 24.3 Å². The second-order valence-corrected chi connectivity index (χ2v) is 6.31. The number of nitrogens with two attached hydrogens (primary N) is 1. The summed E-state index contributed by atoms with van der Waals surface area (Å²) < 4.78 is 0. The molecule has 3 heteroatoms. The van der Waals surface area contributed by atoms with Gasteiger partial charge in [0.05, 0.1) is 0 Å². The van der Waals surface area contributed by atoms with Crippen LogP contribution in [0.2, 0.25) is 0 Å². The Balaban J connectivity index is 1.71. The third-order valence-corrected chi connectivity index (χ3v) is 4.69. The summed E-state index contributed by atoms with van der Waals surface area (Å²) in [5, 5.41) is 0. The summed E-state index contributed by atoms with van der Waals surface area (Å²) in [5.41, 5.74) is 7.78. The Morgan fingerprint density at radius 3 is 2.67 bits per heavy atom. The van der Waals surface area contributed by atoms with Crippen molar-refractivity contribution in [2.24, 2.45) is 5.92 Å². The van der Waals surface area contributed by atoms with Crippen molar-refractivity contribution >= 4 is 11.6 Å². The Hall–Kier alpha value is -1.51. The van der Waals surface area contributed by atoms with Gasteiger partial charge >= 0.3 is 0 Å². The van der Waals surface area contributed by atoms with Gasteiger partial charge in [0, 0.05) is 25.7 Å². The van der Waals surface area contributed by atoms with Crippen LogP contribution < -0.4 is 5.73 Å². The second kappa shape index (κ2) is 8.06. The first-order valence-electron chi connectivity index (χ1n) is 8.24. The zero-order chi connectivity index (χ0) is 15.1. The number of para-hydroxylation sites is 1. The molecule has 1 aliphatic rings. The van der Waals surface area contributed by atoms with E-state index in [0.717, 1.165) is 36.6 Å². The lowest BCUT2D eigenvalue weighted by molar-refractivity contribution is -0.130. The average molecular weight is 288 g/mol. The highest BCUT2D eigenvalue weighted by Gasteiger charge is 2.16. The van der Waals surface area contributed by atoms with Crippen LogP contribution >= 0.6 is 0 Å². The van der Waals surface area contributed by atoms with Crippen molar-refractivity contribution in [3.8, 4) is 0 Å². The Morgan fingerprint density at radius 2 is 1.95 bits per heavy atom. The molecule has 1 aromatic rings. The van der Waals surface area contributed by atoms with Gasteiger partial charge in [-0.15, -0.1) is 0 Å². The lowest BCUT2D eigenvalue weighted by Crippen LogP contribution is -2.29. The topological polar surface area (TPSA) is 46.3 Å². The molecule has 2 N–H and O–H groups in total. The fourth-order valence-corrected chi connectivity index (χ4v) is 3.17. The molecule has 116 valence electrons. The summed E-state index contributed by atoms with van der Waals surface area (Å²) in [4.78, 5) is 14.1. The van der Waals surface area contributed by atoms with Crippen molar-refractivity contribution in [1.82, 2.24) is 4.90 Å². The molecular weight excluding hydrogens is 260 g/mol. The number of benzene rings is 1. The number of amides is 1. The summed E-state index contributed by atoms with van der Waals surface area (Å²) in [5.74, 6) is 1.06. The predicted molar refractivity (Wildman–Crippen MR) is 88.0 cm³/mol. The smallest absolute Gasteiger partial charge is 0.222 e. The Bertz CT molecular complexity index is 452. The molecule has 1 aromatic carbocycles. The first-order valence-corrected chi connectivity index (χ1v) is 8.24. The van der Waals surface area contributed by atoms with Crippen molar-refractivity contribution in [1.29, 1.82) is 0 Å². The number of carbonyl (C=O) groups excluding carboxylic acids is 1. The van der Waals surface area contributed by atoms with E-state index in [-0.39, 0.29) is 5.91 Å². The lowest BCUT2D eigenvalue weighted by atomic mass is 9.87. The molecule has 0 unspecified atom stereocenters. The van der Waals surface area contributed by atoms with Gasteiger partial charge in [0.25, 0.3) is 0 Å². The maximum Gasteiger partial charge on any atom is 0.222 e. The van der Waals surface area contributed by atoms with Gasteiger partial charge in [-0.2, -0.15) is 0 Å². The minimum absolute atomic E-state index is 0.231. The van der Waals surface area contributed by atoms with E-state index in [1.807, 2.05) is 36.2 Å². The van der Waals surface area contributed by atoms with Crippen LogP contribution in [-0.2, 0) is 11.2 Å². The first-order chi connectivity index (χ1) is 10.2. The van der Waals surface area contributed by atoms with Crippen LogP contribution in [0.5, 0.6) is 0 Å². The molecular formula is C18H28N2O. The quantitative estimate of drug-likeness (QED) is 0.812. The first kappa shape index (κ1) is 15.9. The van der Waals surface area contributed by atoms with E-state index < -0.39 is 0 Å². The minimum atomic E-state index is 0.231. The molecule has 1 amide bonds. The molecule has 21 heavy (non-hydrogen) atoms. The number of hydrogen-bond acceptors (Lipinski definition) is 2. The number of nitrogen functional groups attached to an aromatic ring is 1. The summed E-state index contributed by atoms with van der Waals surface area (Å²) >= 11 is 0. The van der Waals surface area contributed by atoms with E-state index in [2.05, 4.69) is 0 Å². The lowest BCUT2D eigenvalue weighted by Gasteiger charge is -2.24. The maximum absolute atomic E-state index is 12.2. The number of aryl methyl sites for hydroxylation is 1. The van der Waals surface area contributed by atoms with Crippen LogP contribution in [-0.4, -0.2) is 24.4 Å². The van der Waals surface area contributed by atoms with E-state index in [4.69, 9.17) is 5.73 Å². The largest absolute Gasteiger partial charge is 0.399 e. The third-order valence-electron chi connectivity index (χ3n) is 4.69. The molecule has 2 rings (SSSR count). The van der Waals surface area contributed by atoms with Crippen LogP contribution in [0.1, 0.15) is 50.5 Å². The molecule has 3 nitrogen and oxygen atoms in total. The molecule has 0 aromatic heterocycles. The highest BCUT2D eigenvalue weighted by Crippen LogP contribution is 2.26. The van der Waals surface area contributed by atoms with Crippen LogP contribution in [0.25, 0.3) is 0 Å². The minimum Gasteiger partial charge on any atom is -0.399 e. The van der Waals surface area contributed by atoms with Gasteiger partial charge in [-0.1, -0.05) is 50.3 Å².